The molecule has 0 aliphatic carbocycles. The number of hydrogen-bond donors (Lipinski definition) is 0. The first-order valence-corrected chi connectivity index (χ1v) is 10.5. The molecule has 0 aromatic heterocycles. The van der Waals surface area contributed by atoms with Gasteiger partial charge in [-0.3, -0.25) is 0 Å². The van der Waals surface area contributed by atoms with Gasteiger partial charge in [-0.1, -0.05) is 76.1 Å². The van der Waals surface area contributed by atoms with Crippen LogP contribution in [0.2, 0.25) is 11.1 Å². The summed E-state index contributed by atoms with van der Waals surface area (Å²) in [4.78, 5) is 11.1. The second-order valence-electron chi connectivity index (χ2n) is 6.24. The topological polar surface area (TPSA) is 44.8 Å². The quantitative estimate of drug-likeness (QED) is 0.302. The zero-order valence-electron chi connectivity index (χ0n) is 15.7. The Kier molecular flexibility index (Phi) is 9.21. The molecule has 0 fully saturated rings. The average molecular weight is 361 g/mol. The summed E-state index contributed by atoms with van der Waals surface area (Å²) in [6, 6.07) is 10.1. The van der Waals surface area contributed by atoms with Crippen LogP contribution >= 0.6 is 0 Å². The van der Waals surface area contributed by atoms with Crippen molar-refractivity contribution in [3.8, 4) is 11.8 Å². The normalized spacial score (nSPS) is 11.6. The first-order valence-electron chi connectivity index (χ1n) is 8.48. The summed E-state index contributed by atoms with van der Waals surface area (Å²) in [5.41, 5.74) is 1.66. The molecule has 0 unspecified atom stereocenters. The fourth-order valence-electron chi connectivity index (χ4n) is 2.61. The Hall–Kier alpha value is -1.87. The molecule has 0 atom stereocenters. The first-order chi connectivity index (χ1) is 11.9. The highest BCUT2D eigenvalue weighted by Crippen LogP contribution is 2.34. The van der Waals surface area contributed by atoms with Crippen molar-refractivity contribution in [2.24, 2.45) is 0 Å². The van der Waals surface area contributed by atoms with E-state index in [1.807, 2.05) is 42.5 Å². The Morgan fingerprint density at radius 2 is 1.76 bits per heavy atom. The van der Waals surface area contributed by atoms with Gasteiger partial charge in [0.05, 0.1) is 20.3 Å². The van der Waals surface area contributed by atoms with E-state index in [2.05, 4.69) is 44.3 Å². The van der Waals surface area contributed by atoms with Crippen molar-refractivity contribution in [2.75, 3.05) is 20.3 Å². The van der Waals surface area contributed by atoms with Gasteiger partial charge < -0.3 is 13.6 Å². The molecule has 1 rings (SSSR count). The number of methoxy groups -OCH3 is 1. The number of carbonyl (C=O) groups is 1. The maximum atomic E-state index is 11.1. The van der Waals surface area contributed by atoms with Crippen molar-refractivity contribution < 1.29 is 18.4 Å². The Balaban J connectivity index is 2.72. The third-order valence-electron chi connectivity index (χ3n) is 3.87. The molecule has 0 aliphatic rings. The number of benzene rings is 1. The van der Waals surface area contributed by atoms with Gasteiger partial charge in [0, 0.05) is 5.92 Å². The lowest BCUT2D eigenvalue weighted by atomic mass is 10.2. The maximum absolute atomic E-state index is 11.1. The van der Waals surface area contributed by atoms with Gasteiger partial charge in [0.25, 0.3) is 0 Å². The molecule has 5 heteroatoms. The summed E-state index contributed by atoms with van der Waals surface area (Å²) >= 11 is 0. The highest BCUT2D eigenvalue weighted by Gasteiger charge is 2.44. The predicted octanol–water partition coefficient (Wildman–Crippen LogP) is 4.17. The van der Waals surface area contributed by atoms with E-state index in [9.17, 15) is 4.79 Å². The van der Waals surface area contributed by atoms with Gasteiger partial charge in [-0.15, -0.1) is 0 Å². The summed E-state index contributed by atoms with van der Waals surface area (Å²) in [6.45, 7) is 9.10. The summed E-state index contributed by atoms with van der Waals surface area (Å²) < 4.78 is 16.9. The minimum atomic E-state index is -2.48. The van der Waals surface area contributed by atoms with Crippen LogP contribution in [0.15, 0.2) is 36.4 Å². The lowest BCUT2D eigenvalue weighted by molar-refractivity contribution is -0.133. The van der Waals surface area contributed by atoms with Crippen LogP contribution in [0.5, 0.6) is 0 Å². The summed E-state index contributed by atoms with van der Waals surface area (Å²) in [5.74, 6) is 4.54. The molecular formula is C20H28O4Si. The number of hydrogen-bond acceptors (Lipinski definition) is 4. The Morgan fingerprint density at radius 3 is 2.32 bits per heavy atom. The third-order valence-corrected chi connectivity index (χ3v) is 8.30. The third kappa shape index (κ3) is 6.87. The van der Waals surface area contributed by atoms with Crippen LogP contribution in [0.3, 0.4) is 0 Å². The van der Waals surface area contributed by atoms with E-state index in [0.717, 1.165) is 5.56 Å². The van der Waals surface area contributed by atoms with Gasteiger partial charge >= 0.3 is 14.5 Å². The fourth-order valence-corrected chi connectivity index (χ4v) is 6.01. The van der Waals surface area contributed by atoms with E-state index in [0.29, 0.717) is 6.61 Å². The van der Waals surface area contributed by atoms with Gasteiger partial charge in [0.15, 0.2) is 0 Å². The molecule has 0 bridgehead atoms. The minimum Gasteiger partial charge on any atom is -0.459 e. The predicted molar refractivity (Wildman–Crippen MR) is 103 cm³/mol. The molecule has 4 nitrogen and oxygen atoms in total. The van der Waals surface area contributed by atoms with E-state index in [-0.39, 0.29) is 17.7 Å². The van der Waals surface area contributed by atoms with Crippen LogP contribution in [0, 0.1) is 11.8 Å². The van der Waals surface area contributed by atoms with Gasteiger partial charge in [0.2, 0.25) is 0 Å². The molecule has 136 valence electrons. The standard InChI is InChI=1S/C20H28O4Si/c1-17(2)25(18(3)4,24-16-10-14-20(21)22-5)23-15-9-13-19-11-7-6-8-12-19/h6-9,11-13,17-18H,15-16H2,1-5H3/b13-9+. The summed E-state index contributed by atoms with van der Waals surface area (Å²) in [5, 5.41) is 0. The van der Waals surface area contributed by atoms with Crippen molar-refractivity contribution in [3.63, 3.8) is 0 Å². The van der Waals surface area contributed by atoms with E-state index in [1.165, 1.54) is 7.11 Å². The lowest BCUT2D eigenvalue weighted by Crippen LogP contribution is -2.48. The molecule has 1 aromatic carbocycles. The lowest BCUT2D eigenvalue weighted by Gasteiger charge is -2.36. The van der Waals surface area contributed by atoms with E-state index in [1.54, 1.807) is 0 Å². The van der Waals surface area contributed by atoms with Gasteiger partial charge in [-0.2, -0.15) is 0 Å². The zero-order chi connectivity index (χ0) is 18.7. The second kappa shape index (κ2) is 10.9. The van der Waals surface area contributed by atoms with Crippen molar-refractivity contribution >= 4 is 20.6 Å². The molecule has 1 aromatic rings. The maximum Gasteiger partial charge on any atom is 0.384 e. The highest BCUT2D eigenvalue weighted by molar-refractivity contribution is 6.70. The summed E-state index contributed by atoms with van der Waals surface area (Å²) in [6.07, 6.45) is 4.04. The van der Waals surface area contributed by atoms with Crippen LogP contribution in [0.4, 0.5) is 0 Å². The van der Waals surface area contributed by atoms with Crippen molar-refractivity contribution in [2.45, 2.75) is 38.8 Å². The monoisotopic (exact) mass is 360 g/mol. The fraction of sp³-hybridized carbons (Fsp3) is 0.450. The highest BCUT2D eigenvalue weighted by atomic mass is 28.4. The number of esters is 1. The Labute approximate surface area is 152 Å². The Bertz CT molecular complexity index is 604. The van der Waals surface area contributed by atoms with Crippen molar-refractivity contribution in [3.05, 3.63) is 42.0 Å². The Morgan fingerprint density at radius 1 is 1.12 bits per heavy atom. The van der Waals surface area contributed by atoms with Crippen molar-refractivity contribution in [1.29, 1.82) is 0 Å². The van der Waals surface area contributed by atoms with E-state index < -0.39 is 14.5 Å². The molecule has 0 saturated carbocycles. The van der Waals surface area contributed by atoms with E-state index in [4.69, 9.17) is 8.85 Å². The van der Waals surface area contributed by atoms with Gasteiger partial charge in [0.1, 0.15) is 0 Å². The zero-order valence-corrected chi connectivity index (χ0v) is 16.7. The second-order valence-corrected chi connectivity index (χ2v) is 10.6. The minimum absolute atomic E-state index is 0.167. The molecule has 0 amide bonds. The first kappa shape index (κ1) is 21.2. The molecule has 0 aliphatic heterocycles. The van der Waals surface area contributed by atoms with Gasteiger partial charge in [-0.25, -0.2) is 4.79 Å². The molecule has 0 heterocycles. The molecule has 0 spiro atoms. The van der Waals surface area contributed by atoms with Gasteiger partial charge in [-0.05, 0) is 16.6 Å². The smallest absolute Gasteiger partial charge is 0.384 e. The largest absolute Gasteiger partial charge is 0.459 e. The number of rotatable bonds is 8. The van der Waals surface area contributed by atoms with E-state index >= 15 is 0 Å². The molecular weight excluding hydrogens is 332 g/mol. The number of carbonyl (C=O) groups excluding carboxylic acids is 1. The van der Waals surface area contributed by atoms with Crippen LogP contribution in [0.1, 0.15) is 33.3 Å². The van der Waals surface area contributed by atoms with Crippen LogP contribution in [-0.4, -0.2) is 34.9 Å². The van der Waals surface area contributed by atoms with Crippen LogP contribution in [-0.2, 0) is 18.4 Å². The van der Waals surface area contributed by atoms with Crippen LogP contribution < -0.4 is 0 Å². The molecule has 0 radical (unpaired) electrons. The summed E-state index contributed by atoms with van der Waals surface area (Å²) in [7, 11) is -1.17. The molecule has 0 N–H and O–H groups in total. The SMILES string of the molecule is COC(=O)C#CCO[Si](OC/C=C/c1ccccc1)(C(C)C)C(C)C. The van der Waals surface area contributed by atoms with Crippen LogP contribution in [0.25, 0.3) is 6.08 Å². The molecule has 0 saturated heterocycles. The average Bonchev–Trinajstić information content (AvgIpc) is 2.60. The molecule has 25 heavy (non-hydrogen) atoms. The number of ether oxygens (including phenoxy) is 1. The van der Waals surface area contributed by atoms with Crippen molar-refractivity contribution in [1.82, 2.24) is 0 Å².